The number of carbonyl (C=O) groups is 1. The summed E-state index contributed by atoms with van der Waals surface area (Å²) in [5, 5.41) is 8.92. The van der Waals surface area contributed by atoms with Crippen molar-refractivity contribution in [1.82, 2.24) is 4.90 Å². The van der Waals surface area contributed by atoms with Gasteiger partial charge in [-0.05, 0) is 36.2 Å². The van der Waals surface area contributed by atoms with E-state index in [9.17, 15) is 4.79 Å². The molecule has 0 aliphatic rings. The van der Waals surface area contributed by atoms with Gasteiger partial charge in [0.1, 0.15) is 5.75 Å². The van der Waals surface area contributed by atoms with Gasteiger partial charge in [0.05, 0.1) is 32.5 Å². The third-order valence-corrected chi connectivity index (χ3v) is 4.06. The number of rotatable bonds is 9. The van der Waals surface area contributed by atoms with Crippen LogP contribution in [-0.4, -0.2) is 38.7 Å². The van der Waals surface area contributed by atoms with E-state index in [1.807, 2.05) is 24.3 Å². The van der Waals surface area contributed by atoms with Crippen LogP contribution in [0.4, 0.5) is 0 Å². The third-order valence-electron chi connectivity index (χ3n) is 4.06. The second-order valence-electron chi connectivity index (χ2n) is 6.03. The van der Waals surface area contributed by atoms with Gasteiger partial charge in [-0.2, -0.15) is 5.26 Å². The van der Waals surface area contributed by atoms with Crippen LogP contribution in [0.1, 0.15) is 24.0 Å². The average Bonchev–Trinajstić information content (AvgIpc) is 2.71. The second-order valence-corrected chi connectivity index (χ2v) is 6.03. The SMILES string of the molecule is COc1cccc(CN(C)C(=O)CCCOc2ccc(C#N)cc2OC)c1. The molecule has 0 saturated heterocycles. The lowest BCUT2D eigenvalue weighted by Gasteiger charge is -2.18. The van der Waals surface area contributed by atoms with Crippen LogP contribution in [0.2, 0.25) is 0 Å². The maximum absolute atomic E-state index is 12.3. The summed E-state index contributed by atoms with van der Waals surface area (Å²) < 4.78 is 16.1. The number of carbonyl (C=O) groups excluding carboxylic acids is 1. The smallest absolute Gasteiger partial charge is 0.222 e. The summed E-state index contributed by atoms with van der Waals surface area (Å²) >= 11 is 0. The molecule has 0 heterocycles. The van der Waals surface area contributed by atoms with Crippen LogP contribution in [0.15, 0.2) is 42.5 Å². The summed E-state index contributed by atoms with van der Waals surface area (Å²) in [5.41, 5.74) is 1.53. The first-order valence-corrected chi connectivity index (χ1v) is 8.65. The van der Waals surface area contributed by atoms with Crippen molar-refractivity contribution in [2.75, 3.05) is 27.9 Å². The molecule has 1 amide bonds. The van der Waals surface area contributed by atoms with Gasteiger partial charge < -0.3 is 19.1 Å². The number of amides is 1. The highest BCUT2D eigenvalue weighted by atomic mass is 16.5. The minimum Gasteiger partial charge on any atom is -0.497 e. The zero-order valence-electron chi connectivity index (χ0n) is 15.9. The van der Waals surface area contributed by atoms with Gasteiger partial charge in [-0.15, -0.1) is 0 Å². The van der Waals surface area contributed by atoms with Crippen LogP contribution < -0.4 is 14.2 Å². The van der Waals surface area contributed by atoms with E-state index in [0.29, 0.717) is 43.1 Å². The molecule has 0 N–H and O–H groups in total. The molecule has 0 bridgehead atoms. The van der Waals surface area contributed by atoms with Crippen LogP contribution in [0.3, 0.4) is 0 Å². The fourth-order valence-corrected chi connectivity index (χ4v) is 2.59. The molecule has 0 atom stereocenters. The number of nitriles is 1. The van der Waals surface area contributed by atoms with E-state index in [2.05, 4.69) is 6.07 Å². The maximum Gasteiger partial charge on any atom is 0.222 e. The molecule has 0 unspecified atom stereocenters. The van der Waals surface area contributed by atoms with E-state index in [0.717, 1.165) is 11.3 Å². The summed E-state index contributed by atoms with van der Waals surface area (Å²) in [5.74, 6) is 1.90. The number of hydrogen-bond acceptors (Lipinski definition) is 5. The molecule has 0 fully saturated rings. The minimum absolute atomic E-state index is 0.0493. The molecule has 0 saturated carbocycles. The lowest BCUT2D eigenvalue weighted by Crippen LogP contribution is -2.26. The van der Waals surface area contributed by atoms with Crippen molar-refractivity contribution < 1.29 is 19.0 Å². The number of benzene rings is 2. The van der Waals surface area contributed by atoms with E-state index >= 15 is 0 Å². The highest BCUT2D eigenvalue weighted by Gasteiger charge is 2.11. The van der Waals surface area contributed by atoms with Crippen LogP contribution >= 0.6 is 0 Å². The van der Waals surface area contributed by atoms with E-state index in [4.69, 9.17) is 19.5 Å². The largest absolute Gasteiger partial charge is 0.497 e. The van der Waals surface area contributed by atoms with Crippen molar-refractivity contribution in [3.63, 3.8) is 0 Å². The Kier molecular flexibility index (Phi) is 7.50. The summed E-state index contributed by atoms with van der Waals surface area (Å²) in [6.45, 7) is 0.918. The summed E-state index contributed by atoms with van der Waals surface area (Å²) in [7, 11) is 4.93. The molecular weight excluding hydrogens is 344 g/mol. The molecule has 27 heavy (non-hydrogen) atoms. The molecule has 6 heteroatoms. The zero-order valence-corrected chi connectivity index (χ0v) is 15.9. The summed E-state index contributed by atoms with van der Waals surface area (Å²) in [6, 6.07) is 14.7. The molecule has 0 radical (unpaired) electrons. The van der Waals surface area contributed by atoms with E-state index in [1.165, 1.54) is 7.11 Å². The lowest BCUT2D eigenvalue weighted by molar-refractivity contribution is -0.130. The molecule has 0 aromatic heterocycles. The van der Waals surface area contributed by atoms with Crippen LogP contribution in [0, 0.1) is 11.3 Å². The summed E-state index contributed by atoms with van der Waals surface area (Å²) in [6.07, 6.45) is 0.976. The van der Waals surface area contributed by atoms with Crippen molar-refractivity contribution in [1.29, 1.82) is 5.26 Å². The molecule has 6 nitrogen and oxygen atoms in total. The van der Waals surface area contributed by atoms with E-state index in [1.54, 1.807) is 37.3 Å². The fraction of sp³-hybridized carbons (Fsp3) is 0.333. The number of methoxy groups -OCH3 is 2. The molecule has 2 rings (SSSR count). The van der Waals surface area contributed by atoms with Gasteiger partial charge in [0.15, 0.2) is 11.5 Å². The first kappa shape index (κ1) is 20.1. The number of ether oxygens (including phenoxy) is 3. The Hall–Kier alpha value is -3.20. The molecule has 2 aromatic rings. The Morgan fingerprint density at radius 1 is 1.11 bits per heavy atom. The Balaban J connectivity index is 1.79. The average molecular weight is 368 g/mol. The van der Waals surface area contributed by atoms with Gasteiger partial charge in [-0.1, -0.05) is 12.1 Å². The highest BCUT2D eigenvalue weighted by Crippen LogP contribution is 2.28. The van der Waals surface area contributed by atoms with Gasteiger partial charge in [-0.25, -0.2) is 0 Å². The van der Waals surface area contributed by atoms with Gasteiger partial charge in [0, 0.05) is 26.1 Å². The Morgan fingerprint density at radius 3 is 2.63 bits per heavy atom. The van der Waals surface area contributed by atoms with Gasteiger partial charge >= 0.3 is 0 Å². The standard InChI is InChI=1S/C21H24N2O4/c1-23(15-17-6-4-7-18(12-17)25-2)21(24)8-5-11-27-19-10-9-16(14-22)13-20(19)26-3/h4,6-7,9-10,12-13H,5,8,11,15H2,1-3H3. The Bertz CT molecular complexity index is 814. The van der Waals surface area contributed by atoms with E-state index < -0.39 is 0 Å². The zero-order chi connectivity index (χ0) is 19.6. The number of nitrogens with zero attached hydrogens (tertiary/aromatic N) is 2. The van der Waals surface area contributed by atoms with Crippen molar-refractivity contribution >= 4 is 5.91 Å². The Morgan fingerprint density at radius 2 is 1.93 bits per heavy atom. The lowest BCUT2D eigenvalue weighted by atomic mass is 10.2. The second kappa shape index (κ2) is 10.1. The molecule has 2 aromatic carbocycles. The first-order valence-electron chi connectivity index (χ1n) is 8.65. The predicted octanol–water partition coefficient (Wildman–Crippen LogP) is 3.39. The summed E-state index contributed by atoms with van der Waals surface area (Å²) in [4.78, 5) is 14.0. The predicted molar refractivity (Wildman–Crippen MR) is 102 cm³/mol. The monoisotopic (exact) mass is 368 g/mol. The Labute approximate surface area is 159 Å². The van der Waals surface area contributed by atoms with Crippen molar-refractivity contribution in [2.24, 2.45) is 0 Å². The topological polar surface area (TPSA) is 71.8 Å². The van der Waals surface area contributed by atoms with Crippen LogP contribution in [0.25, 0.3) is 0 Å². The molecular formula is C21H24N2O4. The highest BCUT2D eigenvalue weighted by molar-refractivity contribution is 5.75. The normalized spacial score (nSPS) is 10.0. The molecule has 0 spiro atoms. The van der Waals surface area contributed by atoms with Crippen molar-refractivity contribution in [3.05, 3.63) is 53.6 Å². The fourth-order valence-electron chi connectivity index (χ4n) is 2.59. The molecule has 142 valence electrons. The minimum atomic E-state index is 0.0493. The molecule has 0 aliphatic carbocycles. The van der Waals surface area contributed by atoms with Crippen LogP contribution in [0.5, 0.6) is 17.2 Å². The first-order chi connectivity index (χ1) is 13.1. The maximum atomic E-state index is 12.3. The van der Waals surface area contributed by atoms with Gasteiger partial charge in [-0.3, -0.25) is 4.79 Å². The third kappa shape index (κ3) is 5.93. The van der Waals surface area contributed by atoms with Gasteiger partial charge in [0.25, 0.3) is 0 Å². The quantitative estimate of drug-likeness (QED) is 0.635. The van der Waals surface area contributed by atoms with Crippen LogP contribution in [-0.2, 0) is 11.3 Å². The van der Waals surface area contributed by atoms with E-state index in [-0.39, 0.29) is 5.91 Å². The molecule has 0 aliphatic heterocycles. The van der Waals surface area contributed by atoms with Gasteiger partial charge in [0.2, 0.25) is 5.91 Å². The number of hydrogen-bond donors (Lipinski definition) is 0. The van der Waals surface area contributed by atoms with Crippen molar-refractivity contribution in [3.8, 4) is 23.3 Å². The van der Waals surface area contributed by atoms with Crippen molar-refractivity contribution in [2.45, 2.75) is 19.4 Å².